The van der Waals surface area contributed by atoms with Crippen molar-refractivity contribution in [2.24, 2.45) is 5.92 Å². The van der Waals surface area contributed by atoms with E-state index in [1.54, 1.807) is 0 Å². The summed E-state index contributed by atoms with van der Waals surface area (Å²) in [5, 5.41) is 1.20. The lowest BCUT2D eigenvalue weighted by Gasteiger charge is -2.31. The Morgan fingerprint density at radius 1 is 0.500 bits per heavy atom. The first-order valence-electron chi connectivity index (χ1n) is 19.7. The summed E-state index contributed by atoms with van der Waals surface area (Å²) in [6, 6.07) is 62.0. The summed E-state index contributed by atoms with van der Waals surface area (Å²) < 4.78 is 6.33. The van der Waals surface area contributed by atoms with Crippen LogP contribution in [0.15, 0.2) is 205 Å². The van der Waals surface area contributed by atoms with Crippen molar-refractivity contribution < 1.29 is 4.42 Å². The Kier molecular flexibility index (Phi) is 7.81. The standard InChI is InChI=1S/C54H39NO/c1-2-12-37(13-3-1)45-16-8-10-20-51(45)55(43-31-26-38(27-32-43)49-35-41-14-4-5-15-44(41)46-17-6-7-18-47(46)49)42-29-24-36(25-30-42)40-23-22-39-28-33-53-54(50(39)34-40)48-19-9-11-21-52(48)56-53/h1-27,29-32,34-35,41,44H,28,33H2. The second kappa shape index (κ2) is 13.4. The molecule has 0 saturated carbocycles. The highest BCUT2D eigenvalue weighted by Gasteiger charge is 2.28. The number of hydrogen-bond donors (Lipinski definition) is 0. The fourth-order valence-electron chi connectivity index (χ4n) is 9.23. The van der Waals surface area contributed by atoms with Crippen molar-refractivity contribution in [2.45, 2.75) is 18.8 Å². The lowest BCUT2D eigenvalue weighted by atomic mass is 9.73. The Morgan fingerprint density at radius 2 is 1.18 bits per heavy atom. The van der Waals surface area contributed by atoms with Crippen LogP contribution in [0, 0.1) is 5.92 Å². The van der Waals surface area contributed by atoms with Crippen molar-refractivity contribution >= 4 is 33.6 Å². The van der Waals surface area contributed by atoms with Crippen LogP contribution in [0.4, 0.5) is 17.1 Å². The molecule has 1 aromatic heterocycles. The van der Waals surface area contributed by atoms with Gasteiger partial charge in [-0.1, -0.05) is 158 Å². The first-order chi connectivity index (χ1) is 27.8. The monoisotopic (exact) mass is 717 g/mol. The smallest absolute Gasteiger partial charge is 0.134 e. The number of aryl methyl sites for hydroxylation is 2. The SMILES string of the molecule is C1=CC2C=C(c3ccc(N(c4ccc(-c5ccc6c(c5)-c5c(oc7ccccc57)CC6)cc4)c4ccccc4-c4ccccc4)cc3)c3ccccc3C2C=C1. The zero-order valence-corrected chi connectivity index (χ0v) is 31.0. The molecule has 1 heterocycles. The van der Waals surface area contributed by atoms with Gasteiger partial charge in [-0.2, -0.15) is 0 Å². The van der Waals surface area contributed by atoms with Crippen molar-refractivity contribution in [3.8, 4) is 33.4 Å². The Balaban J connectivity index is 0.994. The van der Waals surface area contributed by atoms with E-state index in [1.165, 1.54) is 66.6 Å². The highest BCUT2D eigenvalue weighted by molar-refractivity contribution is 5.98. The Labute approximate surface area is 328 Å². The van der Waals surface area contributed by atoms with Gasteiger partial charge < -0.3 is 9.32 Å². The van der Waals surface area contributed by atoms with Gasteiger partial charge in [0.05, 0.1) is 5.69 Å². The number of nitrogens with zero attached hydrogens (tertiary/aromatic N) is 1. The van der Waals surface area contributed by atoms with Crippen molar-refractivity contribution in [3.63, 3.8) is 0 Å². The van der Waals surface area contributed by atoms with Crippen LogP contribution < -0.4 is 4.90 Å². The number of para-hydroxylation sites is 2. The van der Waals surface area contributed by atoms with Gasteiger partial charge in [0.15, 0.2) is 0 Å². The number of fused-ring (bicyclic) bond motifs is 8. The molecule has 11 rings (SSSR count). The number of rotatable bonds is 6. The molecule has 0 aliphatic heterocycles. The van der Waals surface area contributed by atoms with Gasteiger partial charge in [0, 0.05) is 46.1 Å². The van der Waals surface area contributed by atoms with E-state index in [-0.39, 0.29) is 0 Å². The van der Waals surface area contributed by atoms with Crippen LogP contribution in [-0.4, -0.2) is 0 Å². The lowest BCUT2D eigenvalue weighted by Crippen LogP contribution is -2.16. The molecule has 0 N–H and O–H groups in total. The van der Waals surface area contributed by atoms with Crippen molar-refractivity contribution in [1.29, 1.82) is 0 Å². The van der Waals surface area contributed by atoms with Crippen molar-refractivity contribution in [1.82, 2.24) is 0 Å². The van der Waals surface area contributed by atoms with E-state index < -0.39 is 0 Å². The van der Waals surface area contributed by atoms with E-state index >= 15 is 0 Å². The molecule has 3 aliphatic rings. The molecular formula is C54H39NO. The van der Waals surface area contributed by atoms with E-state index in [9.17, 15) is 0 Å². The van der Waals surface area contributed by atoms with Gasteiger partial charge >= 0.3 is 0 Å². The third-order valence-electron chi connectivity index (χ3n) is 11.9. The van der Waals surface area contributed by atoms with Crippen LogP contribution in [0.25, 0.3) is 49.9 Å². The molecule has 3 aliphatic carbocycles. The number of allylic oxidation sites excluding steroid dienone is 5. The quantitative estimate of drug-likeness (QED) is 0.170. The van der Waals surface area contributed by atoms with E-state index in [0.29, 0.717) is 11.8 Å². The van der Waals surface area contributed by atoms with Crippen molar-refractivity contribution in [3.05, 3.63) is 228 Å². The topological polar surface area (TPSA) is 16.4 Å². The van der Waals surface area contributed by atoms with Gasteiger partial charge in [0.1, 0.15) is 11.3 Å². The van der Waals surface area contributed by atoms with Crippen LogP contribution in [0.3, 0.4) is 0 Å². The van der Waals surface area contributed by atoms with E-state index in [0.717, 1.165) is 41.2 Å². The molecule has 0 bridgehead atoms. The molecule has 2 nitrogen and oxygen atoms in total. The van der Waals surface area contributed by atoms with E-state index in [2.05, 4.69) is 205 Å². The number of hydrogen-bond acceptors (Lipinski definition) is 2. The minimum atomic E-state index is 0.355. The molecular weight excluding hydrogens is 679 g/mol. The second-order valence-corrected chi connectivity index (χ2v) is 15.1. The van der Waals surface area contributed by atoms with Crippen molar-refractivity contribution in [2.75, 3.05) is 4.90 Å². The number of benzene rings is 7. The molecule has 2 heteroatoms. The molecule has 56 heavy (non-hydrogen) atoms. The predicted octanol–water partition coefficient (Wildman–Crippen LogP) is 14.3. The summed E-state index contributed by atoms with van der Waals surface area (Å²) in [5.74, 6) is 1.84. The largest absolute Gasteiger partial charge is 0.460 e. The summed E-state index contributed by atoms with van der Waals surface area (Å²) in [7, 11) is 0. The highest BCUT2D eigenvalue weighted by atomic mass is 16.3. The molecule has 8 aromatic rings. The first-order valence-corrected chi connectivity index (χ1v) is 19.7. The van der Waals surface area contributed by atoms with Crippen LogP contribution in [0.1, 0.15) is 33.9 Å². The normalized spacial score (nSPS) is 16.4. The maximum atomic E-state index is 6.33. The third-order valence-corrected chi connectivity index (χ3v) is 11.9. The molecule has 0 radical (unpaired) electrons. The molecule has 2 unspecified atom stereocenters. The van der Waals surface area contributed by atoms with Gasteiger partial charge in [-0.25, -0.2) is 0 Å². The number of furan rings is 1. The Bertz CT molecular complexity index is 2850. The average molecular weight is 718 g/mol. The molecule has 0 fully saturated rings. The molecule has 2 atom stereocenters. The fourth-order valence-corrected chi connectivity index (χ4v) is 9.23. The second-order valence-electron chi connectivity index (χ2n) is 15.1. The summed E-state index contributed by atoms with van der Waals surface area (Å²) in [5.41, 5.74) is 18.3. The molecule has 266 valence electrons. The Morgan fingerprint density at radius 3 is 2.02 bits per heavy atom. The maximum absolute atomic E-state index is 6.33. The number of anilines is 3. The van der Waals surface area contributed by atoms with Gasteiger partial charge in [-0.05, 0) is 99.0 Å². The molecule has 0 spiro atoms. The van der Waals surface area contributed by atoms with Gasteiger partial charge in [0.25, 0.3) is 0 Å². The van der Waals surface area contributed by atoms with Crippen LogP contribution in [-0.2, 0) is 12.8 Å². The molecule has 7 aromatic carbocycles. The zero-order chi connectivity index (χ0) is 37.0. The van der Waals surface area contributed by atoms with E-state index in [4.69, 9.17) is 4.42 Å². The summed E-state index contributed by atoms with van der Waals surface area (Å²) in [4.78, 5) is 2.40. The summed E-state index contributed by atoms with van der Waals surface area (Å²) in [6.07, 6.45) is 13.4. The van der Waals surface area contributed by atoms with Crippen LogP contribution in [0.2, 0.25) is 0 Å². The minimum Gasteiger partial charge on any atom is -0.460 e. The van der Waals surface area contributed by atoms with Crippen LogP contribution >= 0.6 is 0 Å². The highest BCUT2D eigenvalue weighted by Crippen LogP contribution is 2.46. The minimum absolute atomic E-state index is 0.355. The molecule has 0 amide bonds. The van der Waals surface area contributed by atoms with E-state index in [1.807, 2.05) is 0 Å². The first kappa shape index (κ1) is 32.5. The average Bonchev–Trinajstić information content (AvgIpc) is 3.67. The van der Waals surface area contributed by atoms with Gasteiger partial charge in [-0.15, -0.1) is 0 Å². The summed E-state index contributed by atoms with van der Waals surface area (Å²) in [6.45, 7) is 0. The fraction of sp³-hybridized carbons (Fsp3) is 0.0741. The van der Waals surface area contributed by atoms with Gasteiger partial charge in [0.2, 0.25) is 0 Å². The third kappa shape index (κ3) is 5.48. The van der Waals surface area contributed by atoms with Gasteiger partial charge in [-0.3, -0.25) is 0 Å². The lowest BCUT2D eigenvalue weighted by molar-refractivity contribution is 0.546. The van der Waals surface area contributed by atoms with Crippen LogP contribution in [0.5, 0.6) is 0 Å². The Hall–Kier alpha value is -6.90. The predicted molar refractivity (Wildman–Crippen MR) is 233 cm³/mol. The maximum Gasteiger partial charge on any atom is 0.134 e. The zero-order valence-electron chi connectivity index (χ0n) is 31.0. The molecule has 0 saturated heterocycles. The summed E-state index contributed by atoms with van der Waals surface area (Å²) >= 11 is 0.